The summed E-state index contributed by atoms with van der Waals surface area (Å²) in [5.74, 6) is -0.0646. The summed E-state index contributed by atoms with van der Waals surface area (Å²) in [7, 11) is 1.95. The van der Waals surface area contributed by atoms with E-state index in [0.717, 1.165) is 12.8 Å². The van der Waals surface area contributed by atoms with Gasteiger partial charge in [0.15, 0.2) is 0 Å². The van der Waals surface area contributed by atoms with E-state index in [-0.39, 0.29) is 17.0 Å². The molecule has 4 heteroatoms. The van der Waals surface area contributed by atoms with Crippen molar-refractivity contribution < 1.29 is 4.79 Å². The molecule has 0 spiro atoms. The van der Waals surface area contributed by atoms with Crippen LogP contribution in [0.25, 0.3) is 0 Å². The molecule has 2 fully saturated rings. The number of hydrogen-bond acceptors (Lipinski definition) is 3. The maximum atomic E-state index is 11.8. The van der Waals surface area contributed by atoms with Crippen LogP contribution in [0.15, 0.2) is 24.4 Å². The van der Waals surface area contributed by atoms with E-state index in [0.29, 0.717) is 5.69 Å². The average Bonchev–Trinajstić information content (AvgIpc) is 3.05. The molecule has 1 heterocycles. The van der Waals surface area contributed by atoms with Gasteiger partial charge in [-0.3, -0.25) is 9.78 Å². The number of likely N-dealkylation sites (N-methyl/N-ethyl adjacent to an activating group) is 1. The van der Waals surface area contributed by atoms with Gasteiger partial charge in [0.2, 0.25) is 0 Å². The van der Waals surface area contributed by atoms with Crippen LogP contribution in [0, 0.1) is 0 Å². The van der Waals surface area contributed by atoms with Crippen molar-refractivity contribution in [3.8, 4) is 0 Å². The molecule has 0 aromatic carbocycles. The number of aromatic nitrogens is 1. The maximum Gasteiger partial charge on any atom is 0.270 e. The molecule has 15 heavy (non-hydrogen) atoms. The Morgan fingerprint density at radius 1 is 1.40 bits per heavy atom. The summed E-state index contributed by atoms with van der Waals surface area (Å²) in [4.78, 5) is 15.8. The largest absolute Gasteiger partial charge is 0.343 e. The highest BCUT2D eigenvalue weighted by Crippen LogP contribution is 2.70. The zero-order valence-electron chi connectivity index (χ0n) is 8.58. The van der Waals surface area contributed by atoms with Gasteiger partial charge in [-0.05, 0) is 32.0 Å². The monoisotopic (exact) mass is 203 g/mol. The number of carbonyl (C=O) groups excluding carboxylic acids is 1. The Balaban J connectivity index is 1.69. The Labute approximate surface area is 88.1 Å². The van der Waals surface area contributed by atoms with Gasteiger partial charge in [0, 0.05) is 11.7 Å². The van der Waals surface area contributed by atoms with E-state index in [9.17, 15) is 4.79 Å². The third-order valence-electron chi connectivity index (χ3n) is 3.60. The molecule has 3 rings (SSSR count). The third-order valence-corrected chi connectivity index (χ3v) is 3.60. The van der Waals surface area contributed by atoms with Crippen LogP contribution in [0.4, 0.5) is 0 Å². The first-order valence-electron chi connectivity index (χ1n) is 5.14. The highest BCUT2D eigenvalue weighted by atomic mass is 16.2. The van der Waals surface area contributed by atoms with Crippen LogP contribution in [0.5, 0.6) is 0 Å². The zero-order chi connectivity index (χ0) is 10.5. The SMILES string of the molecule is CNC12CC1(NC(=O)c1ccccn1)C2. The van der Waals surface area contributed by atoms with E-state index in [4.69, 9.17) is 0 Å². The molecule has 1 amide bonds. The number of fused-ring (bicyclic) bond motifs is 1. The number of nitrogens with zero attached hydrogens (tertiary/aromatic N) is 1. The van der Waals surface area contributed by atoms with Gasteiger partial charge in [0.1, 0.15) is 5.69 Å². The Morgan fingerprint density at radius 3 is 2.73 bits per heavy atom. The highest BCUT2D eigenvalue weighted by Gasteiger charge is 2.83. The fourth-order valence-corrected chi connectivity index (χ4v) is 2.29. The summed E-state index contributed by atoms with van der Waals surface area (Å²) in [6.45, 7) is 0. The average molecular weight is 203 g/mol. The lowest BCUT2D eigenvalue weighted by molar-refractivity contribution is 0.0937. The van der Waals surface area contributed by atoms with Gasteiger partial charge in [-0.25, -0.2) is 0 Å². The third kappa shape index (κ3) is 1.11. The van der Waals surface area contributed by atoms with Crippen LogP contribution < -0.4 is 10.6 Å². The molecule has 0 aliphatic heterocycles. The second-order valence-electron chi connectivity index (χ2n) is 4.44. The van der Waals surface area contributed by atoms with Gasteiger partial charge in [-0.2, -0.15) is 0 Å². The molecule has 1 aromatic heterocycles. The second kappa shape index (κ2) is 2.58. The molecule has 2 aliphatic carbocycles. The van der Waals surface area contributed by atoms with Gasteiger partial charge in [0.05, 0.1) is 5.54 Å². The van der Waals surface area contributed by atoms with Crippen molar-refractivity contribution in [2.45, 2.75) is 23.9 Å². The molecular weight excluding hydrogens is 190 g/mol. The summed E-state index contributed by atoms with van der Waals surface area (Å²) in [5.41, 5.74) is 0.740. The van der Waals surface area contributed by atoms with E-state index in [1.165, 1.54) is 0 Å². The fourth-order valence-electron chi connectivity index (χ4n) is 2.29. The van der Waals surface area contributed by atoms with Crippen LogP contribution in [-0.4, -0.2) is 29.0 Å². The Kier molecular flexibility index (Phi) is 1.52. The second-order valence-corrected chi connectivity index (χ2v) is 4.44. The zero-order valence-corrected chi connectivity index (χ0v) is 8.58. The van der Waals surface area contributed by atoms with Gasteiger partial charge < -0.3 is 10.6 Å². The number of rotatable bonds is 3. The minimum atomic E-state index is -0.0646. The van der Waals surface area contributed by atoms with E-state index in [1.54, 1.807) is 18.3 Å². The number of pyridine rings is 1. The van der Waals surface area contributed by atoms with Gasteiger partial charge in [0.25, 0.3) is 5.91 Å². The quantitative estimate of drug-likeness (QED) is 0.743. The first kappa shape index (κ1) is 8.85. The molecule has 2 aliphatic rings. The smallest absolute Gasteiger partial charge is 0.270 e. The lowest BCUT2D eigenvalue weighted by atomic mass is 10.3. The lowest BCUT2D eigenvalue weighted by Crippen LogP contribution is -2.32. The minimum Gasteiger partial charge on any atom is -0.343 e. The topological polar surface area (TPSA) is 54.0 Å². The van der Waals surface area contributed by atoms with Crippen molar-refractivity contribution in [3.05, 3.63) is 30.1 Å². The molecule has 0 unspecified atom stereocenters. The molecule has 4 nitrogen and oxygen atoms in total. The Morgan fingerprint density at radius 2 is 2.20 bits per heavy atom. The molecular formula is C11H13N3O. The van der Waals surface area contributed by atoms with E-state index in [2.05, 4.69) is 15.6 Å². The molecule has 2 N–H and O–H groups in total. The standard InChI is InChI=1S/C11H13N3O/c1-12-10-6-11(10,7-10)14-9(15)8-4-2-3-5-13-8/h2-5,12H,6-7H2,1H3,(H,14,15). The molecule has 78 valence electrons. The maximum absolute atomic E-state index is 11.8. The first-order valence-corrected chi connectivity index (χ1v) is 5.14. The fraction of sp³-hybridized carbons (Fsp3) is 0.455. The summed E-state index contributed by atoms with van der Waals surface area (Å²) in [6.07, 6.45) is 3.74. The predicted octanol–water partition coefficient (Wildman–Crippen LogP) is 0.316. The van der Waals surface area contributed by atoms with Crippen LogP contribution in [0.2, 0.25) is 0 Å². The van der Waals surface area contributed by atoms with Crippen LogP contribution in [0.1, 0.15) is 23.3 Å². The molecule has 1 aromatic rings. The van der Waals surface area contributed by atoms with E-state index in [1.807, 2.05) is 13.1 Å². The molecule has 0 saturated heterocycles. The van der Waals surface area contributed by atoms with Gasteiger partial charge >= 0.3 is 0 Å². The Bertz CT molecular complexity index is 409. The summed E-state index contributed by atoms with van der Waals surface area (Å²) < 4.78 is 0. The van der Waals surface area contributed by atoms with Crippen LogP contribution in [-0.2, 0) is 0 Å². The van der Waals surface area contributed by atoms with Gasteiger partial charge in [-0.15, -0.1) is 0 Å². The summed E-state index contributed by atoms with van der Waals surface area (Å²) in [5, 5.41) is 6.30. The Hall–Kier alpha value is -1.42. The number of nitrogens with one attached hydrogen (secondary N) is 2. The normalized spacial score (nSPS) is 35.5. The van der Waals surface area contributed by atoms with E-state index >= 15 is 0 Å². The number of amides is 1. The molecule has 0 atom stereocenters. The number of hydrogen-bond donors (Lipinski definition) is 2. The summed E-state index contributed by atoms with van der Waals surface area (Å²) in [6, 6.07) is 5.36. The van der Waals surface area contributed by atoms with Crippen molar-refractivity contribution in [2.24, 2.45) is 0 Å². The predicted molar refractivity (Wildman–Crippen MR) is 55.5 cm³/mol. The van der Waals surface area contributed by atoms with Crippen molar-refractivity contribution in [2.75, 3.05) is 7.05 Å². The van der Waals surface area contributed by atoms with Crippen molar-refractivity contribution >= 4 is 5.91 Å². The molecule has 0 bridgehead atoms. The van der Waals surface area contributed by atoms with Crippen molar-refractivity contribution in [1.82, 2.24) is 15.6 Å². The van der Waals surface area contributed by atoms with Gasteiger partial charge in [-0.1, -0.05) is 6.07 Å². The lowest BCUT2D eigenvalue weighted by Gasteiger charge is -2.05. The molecule has 2 saturated carbocycles. The van der Waals surface area contributed by atoms with Crippen LogP contribution in [0.3, 0.4) is 0 Å². The van der Waals surface area contributed by atoms with Crippen LogP contribution >= 0.6 is 0 Å². The summed E-state index contributed by atoms with van der Waals surface area (Å²) >= 11 is 0. The first-order chi connectivity index (χ1) is 7.21. The van der Waals surface area contributed by atoms with Crippen molar-refractivity contribution in [3.63, 3.8) is 0 Å². The number of carbonyl (C=O) groups is 1. The highest BCUT2D eigenvalue weighted by molar-refractivity contribution is 5.94. The molecule has 0 radical (unpaired) electrons. The van der Waals surface area contributed by atoms with E-state index < -0.39 is 0 Å². The minimum absolute atomic E-state index is 0.0381. The van der Waals surface area contributed by atoms with Crippen molar-refractivity contribution in [1.29, 1.82) is 0 Å².